The Morgan fingerprint density at radius 3 is 3.00 bits per heavy atom. The second-order valence-corrected chi connectivity index (χ2v) is 6.13. The van der Waals surface area contributed by atoms with Gasteiger partial charge >= 0.3 is 6.03 Å². The minimum Gasteiger partial charge on any atom is -0.338 e. The maximum atomic E-state index is 12.1. The smallest absolute Gasteiger partial charge is 0.321 e. The zero-order chi connectivity index (χ0) is 16.2. The maximum absolute atomic E-state index is 12.1. The molecule has 0 radical (unpaired) electrons. The van der Waals surface area contributed by atoms with Crippen molar-refractivity contribution in [1.82, 2.24) is 10.6 Å². The van der Waals surface area contributed by atoms with E-state index in [-0.39, 0.29) is 18.0 Å². The van der Waals surface area contributed by atoms with Crippen LogP contribution in [-0.4, -0.2) is 37.6 Å². The minimum atomic E-state index is -0.0788. The summed E-state index contributed by atoms with van der Waals surface area (Å²) in [6.07, 6.45) is 3.55. The van der Waals surface area contributed by atoms with Gasteiger partial charge in [-0.2, -0.15) is 0 Å². The molecular formula is C17H24N4O2. The van der Waals surface area contributed by atoms with Crippen LogP contribution >= 0.6 is 0 Å². The van der Waals surface area contributed by atoms with E-state index in [0.717, 1.165) is 42.7 Å². The Hall–Kier alpha value is -2.08. The fourth-order valence-corrected chi connectivity index (χ4v) is 3.28. The molecule has 124 valence electrons. The minimum absolute atomic E-state index is 0.0203. The predicted octanol–water partition coefficient (Wildman–Crippen LogP) is 1.86. The van der Waals surface area contributed by atoms with Crippen LogP contribution in [0.4, 0.5) is 16.2 Å². The average molecular weight is 316 g/mol. The van der Waals surface area contributed by atoms with Gasteiger partial charge in [-0.3, -0.25) is 9.69 Å². The van der Waals surface area contributed by atoms with Crippen molar-refractivity contribution in [3.8, 4) is 0 Å². The summed E-state index contributed by atoms with van der Waals surface area (Å²) in [7, 11) is 0. The van der Waals surface area contributed by atoms with Crippen molar-refractivity contribution in [3.63, 3.8) is 0 Å². The summed E-state index contributed by atoms with van der Waals surface area (Å²) in [4.78, 5) is 26.0. The van der Waals surface area contributed by atoms with E-state index in [1.165, 1.54) is 0 Å². The third-order valence-electron chi connectivity index (χ3n) is 4.43. The summed E-state index contributed by atoms with van der Waals surface area (Å²) in [6, 6.07) is 6.02. The summed E-state index contributed by atoms with van der Waals surface area (Å²) in [5, 5.41) is 9.11. The van der Waals surface area contributed by atoms with E-state index >= 15 is 0 Å². The van der Waals surface area contributed by atoms with Crippen LogP contribution in [0.25, 0.3) is 0 Å². The highest BCUT2D eigenvalue weighted by Gasteiger charge is 2.25. The fourth-order valence-electron chi connectivity index (χ4n) is 3.28. The van der Waals surface area contributed by atoms with Crippen molar-refractivity contribution >= 4 is 23.3 Å². The van der Waals surface area contributed by atoms with Crippen LogP contribution in [0.15, 0.2) is 18.2 Å². The number of nitrogens with zero attached hydrogens (tertiary/aromatic N) is 1. The van der Waals surface area contributed by atoms with Gasteiger partial charge in [0.2, 0.25) is 5.91 Å². The van der Waals surface area contributed by atoms with Crippen LogP contribution in [0.2, 0.25) is 0 Å². The molecule has 3 rings (SSSR count). The quantitative estimate of drug-likeness (QED) is 0.794. The molecule has 1 aromatic rings. The van der Waals surface area contributed by atoms with Gasteiger partial charge in [-0.15, -0.1) is 0 Å². The summed E-state index contributed by atoms with van der Waals surface area (Å²) < 4.78 is 0. The topological polar surface area (TPSA) is 73.5 Å². The van der Waals surface area contributed by atoms with E-state index in [1.807, 2.05) is 25.1 Å². The molecule has 2 aliphatic rings. The van der Waals surface area contributed by atoms with Gasteiger partial charge in [0.25, 0.3) is 0 Å². The lowest BCUT2D eigenvalue weighted by atomic mass is 10.1. The molecule has 0 aromatic heterocycles. The molecule has 2 heterocycles. The largest absolute Gasteiger partial charge is 0.338 e. The number of hydrogen-bond donors (Lipinski definition) is 3. The maximum Gasteiger partial charge on any atom is 0.321 e. The molecule has 1 unspecified atom stereocenters. The standard InChI is InChI=1S/C17H24N4O2/c1-2-18-17(23)21-9-7-12-5-6-14(10-15(12)21)20-16(22)11-13-4-3-8-19-13/h5-6,10,13,19H,2-4,7-9,11H2,1H3,(H,18,23)(H,20,22). The third kappa shape index (κ3) is 3.64. The molecule has 0 aliphatic carbocycles. The Morgan fingerprint density at radius 1 is 1.39 bits per heavy atom. The van der Waals surface area contributed by atoms with Gasteiger partial charge < -0.3 is 16.0 Å². The Kier molecular flexibility index (Phi) is 4.81. The second kappa shape index (κ2) is 7.00. The van der Waals surface area contributed by atoms with Gasteiger partial charge in [0, 0.05) is 31.2 Å². The number of carbonyl (C=O) groups is 2. The Bertz CT molecular complexity index is 596. The van der Waals surface area contributed by atoms with Crippen molar-refractivity contribution in [2.45, 2.75) is 38.6 Å². The number of benzene rings is 1. The normalized spacial score (nSPS) is 19.5. The highest BCUT2D eigenvalue weighted by Crippen LogP contribution is 2.31. The first kappa shape index (κ1) is 15.8. The zero-order valence-electron chi connectivity index (χ0n) is 13.5. The van der Waals surface area contributed by atoms with E-state index in [2.05, 4.69) is 16.0 Å². The van der Waals surface area contributed by atoms with Crippen molar-refractivity contribution < 1.29 is 9.59 Å². The Balaban J connectivity index is 1.66. The van der Waals surface area contributed by atoms with Crippen LogP contribution < -0.4 is 20.9 Å². The van der Waals surface area contributed by atoms with Crippen LogP contribution in [-0.2, 0) is 11.2 Å². The predicted molar refractivity (Wildman–Crippen MR) is 90.8 cm³/mol. The molecule has 6 heteroatoms. The third-order valence-corrected chi connectivity index (χ3v) is 4.43. The summed E-state index contributed by atoms with van der Waals surface area (Å²) in [5.41, 5.74) is 2.79. The second-order valence-electron chi connectivity index (χ2n) is 6.13. The number of rotatable bonds is 4. The highest BCUT2D eigenvalue weighted by atomic mass is 16.2. The van der Waals surface area contributed by atoms with E-state index in [9.17, 15) is 9.59 Å². The van der Waals surface area contributed by atoms with E-state index < -0.39 is 0 Å². The monoisotopic (exact) mass is 316 g/mol. The first-order valence-corrected chi connectivity index (χ1v) is 8.39. The molecule has 0 spiro atoms. The van der Waals surface area contributed by atoms with E-state index in [0.29, 0.717) is 19.5 Å². The van der Waals surface area contributed by atoms with Gasteiger partial charge in [-0.25, -0.2) is 4.79 Å². The van der Waals surface area contributed by atoms with Crippen LogP contribution in [0.3, 0.4) is 0 Å². The summed E-state index contributed by atoms with van der Waals surface area (Å²) >= 11 is 0. The van der Waals surface area contributed by atoms with E-state index in [4.69, 9.17) is 0 Å². The van der Waals surface area contributed by atoms with Gasteiger partial charge in [-0.1, -0.05) is 6.07 Å². The first-order valence-electron chi connectivity index (χ1n) is 8.39. The summed E-state index contributed by atoms with van der Waals surface area (Å²) in [6.45, 7) is 4.20. The molecular weight excluding hydrogens is 292 g/mol. The molecule has 0 saturated carbocycles. The Morgan fingerprint density at radius 2 is 2.26 bits per heavy atom. The van der Waals surface area contributed by atoms with E-state index in [1.54, 1.807) is 4.90 Å². The molecule has 3 N–H and O–H groups in total. The molecule has 1 saturated heterocycles. The number of urea groups is 1. The van der Waals surface area contributed by atoms with Crippen LogP contribution in [0.1, 0.15) is 31.7 Å². The van der Waals surface area contributed by atoms with Gasteiger partial charge in [0.05, 0.1) is 5.69 Å². The molecule has 6 nitrogen and oxygen atoms in total. The lowest BCUT2D eigenvalue weighted by Crippen LogP contribution is -2.38. The van der Waals surface area contributed by atoms with Gasteiger partial charge in [0.15, 0.2) is 0 Å². The highest BCUT2D eigenvalue weighted by molar-refractivity contribution is 5.96. The molecule has 1 aromatic carbocycles. The zero-order valence-corrected chi connectivity index (χ0v) is 13.5. The number of hydrogen-bond acceptors (Lipinski definition) is 3. The lowest BCUT2D eigenvalue weighted by molar-refractivity contribution is -0.116. The molecule has 0 bridgehead atoms. The number of carbonyl (C=O) groups excluding carboxylic acids is 2. The number of anilines is 2. The molecule has 1 atom stereocenters. The molecule has 1 fully saturated rings. The average Bonchev–Trinajstić information content (AvgIpc) is 3.16. The molecule has 2 aliphatic heterocycles. The van der Waals surface area contributed by atoms with Crippen molar-refractivity contribution in [1.29, 1.82) is 0 Å². The number of nitrogens with one attached hydrogen (secondary N) is 3. The summed E-state index contributed by atoms with van der Waals surface area (Å²) in [5.74, 6) is 0.0203. The van der Waals surface area contributed by atoms with Crippen molar-refractivity contribution in [2.75, 3.05) is 29.9 Å². The SMILES string of the molecule is CCNC(=O)N1CCc2ccc(NC(=O)CC3CCCN3)cc21. The van der Waals surface area contributed by atoms with Crippen LogP contribution in [0, 0.1) is 0 Å². The number of amides is 3. The van der Waals surface area contributed by atoms with Gasteiger partial charge in [-0.05, 0) is 50.4 Å². The number of fused-ring (bicyclic) bond motifs is 1. The van der Waals surface area contributed by atoms with Crippen LogP contribution in [0.5, 0.6) is 0 Å². The first-order chi connectivity index (χ1) is 11.2. The lowest BCUT2D eigenvalue weighted by Gasteiger charge is -2.18. The fraction of sp³-hybridized carbons (Fsp3) is 0.529. The molecule has 23 heavy (non-hydrogen) atoms. The Labute approximate surface area is 136 Å². The van der Waals surface area contributed by atoms with Gasteiger partial charge in [0.1, 0.15) is 0 Å². The van der Waals surface area contributed by atoms with Crippen molar-refractivity contribution in [2.24, 2.45) is 0 Å². The van der Waals surface area contributed by atoms with Crippen molar-refractivity contribution in [3.05, 3.63) is 23.8 Å². The molecule has 3 amide bonds.